The molecule has 0 aromatic heterocycles. The number of azo groups is 1. The largest absolute Gasteiger partial charge is 0.478 e. The molecule has 122 valence electrons. The second kappa shape index (κ2) is 6.29. The monoisotopic (exact) mass is 328 g/mol. The number of carboxylic acid groups (broad SMARTS) is 1. The van der Waals surface area contributed by atoms with Gasteiger partial charge in [-0.15, -0.1) is 5.11 Å². The van der Waals surface area contributed by atoms with E-state index in [1.54, 1.807) is 18.2 Å². The number of ether oxygens (including phenoxy) is 1. The van der Waals surface area contributed by atoms with Gasteiger partial charge in [0.15, 0.2) is 0 Å². The predicted molar refractivity (Wildman–Crippen MR) is 82.0 cm³/mol. The van der Waals surface area contributed by atoms with E-state index in [-0.39, 0.29) is 6.42 Å². The van der Waals surface area contributed by atoms with Crippen LogP contribution in [0.25, 0.3) is 0 Å². The number of amides is 1. The Balaban J connectivity index is 2.02. The van der Waals surface area contributed by atoms with Crippen molar-refractivity contribution in [3.63, 3.8) is 0 Å². The first kappa shape index (κ1) is 15.9. The summed E-state index contributed by atoms with van der Waals surface area (Å²) in [5.74, 6) is -2.60. The van der Waals surface area contributed by atoms with Crippen LogP contribution in [0.4, 0.5) is 4.39 Å². The molecule has 6 nitrogen and oxygen atoms in total. The Morgan fingerprint density at radius 3 is 2.88 bits per heavy atom. The number of carbonyl (C=O) groups excluding carboxylic acids is 1. The molecule has 0 fully saturated rings. The molecule has 1 aliphatic heterocycles. The molecule has 7 heteroatoms. The average Bonchev–Trinajstić information content (AvgIpc) is 2.58. The molecular weight excluding hydrogens is 315 g/mol. The number of allylic oxidation sites excluding steroid dienone is 3. The van der Waals surface area contributed by atoms with Crippen molar-refractivity contribution in [2.75, 3.05) is 7.11 Å². The van der Waals surface area contributed by atoms with E-state index in [0.29, 0.717) is 22.4 Å². The summed E-state index contributed by atoms with van der Waals surface area (Å²) in [4.78, 5) is 23.0. The fraction of sp³-hybridized carbons (Fsp3) is 0.176. The summed E-state index contributed by atoms with van der Waals surface area (Å²) in [6.07, 6.45) is 4.89. The lowest BCUT2D eigenvalue weighted by Gasteiger charge is -2.24. The van der Waals surface area contributed by atoms with Crippen LogP contribution in [0.5, 0.6) is 0 Å². The summed E-state index contributed by atoms with van der Waals surface area (Å²) < 4.78 is 18.9. The summed E-state index contributed by atoms with van der Waals surface area (Å²) in [5, 5.41) is 16.6. The van der Waals surface area contributed by atoms with Crippen LogP contribution in [0.2, 0.25) is 0 Å². The second-order valence-electron chi connectivity index (χ2n) is 5.28. The number of nitrogens with zero attached hydrogens (tertiary/aromatic N) is 2. The van der Waals surface area contributed by atoms with Crippen molar-refractivity contribution >= 4 is 11.9 Å². The molecule has 1 N–H and O–H groups in total. The first-order chi connectivity index (χ1) is 11.5. The molecule has 2 aliphatic rings. The van der Waals surface area contributed by atoms with Crippen LogP contribution in [0.3, 0.4) is 0 Å². The topological polar surface area (TPSA) is 88.3 Å². The lowest BCUT2D eigenvalue weighted by atomic mass is 9.90. The Labute approximate surface area is 136 Å². The Bertz CT molecular complexity index is 852. The molecule has 1 amide bonds. The van der Waals surface area contributed by atoms with Crippen LogP contribution < -0.4 is 0 Å². The number of benzene rings is 1. The average molecular weight is 328 g/mol. The Morgan fingerprint density at radius 2 is 2.17 bits per heavy atom. The minimum Gasteiger partial charge on any atom is -0.478 e. The van der Waals surface area contributed by atoms with Gasteiger partial charge in [0.1, 0.15) is 11.9 Å². The van der Waals surface area contributed by atoms with Gasteiger partial charge in [-0.1, -0.05) is 18.2 Å². The van der Waals surface area contributed by atoms with E-state index in [9.17, 15) is 14.0 Å². The van der Waals surface area contributed by atoms with Crippen molar-refractivity contribution in [2.24, 2.45) is 10.2 Å². The Kier molecular flexibility index (Phi) is 4.18. The van der Waals surface area contributed by atoms with Gasteiger partial charge in [-0.25, -0.2) is 9.18 Å². The van der Waals surface area contributed by atoms with E-state index in [2.05, 4.69) is 10.2 Å². The van der Waals surface area contributed by atoms with Crippen molar-refractivity contribution < 1.29 is 23.8 Å². The van der Waals surface area contributed by atoms with Gasteiger partial charge in [0.2, 0.25) is 0 Å². The van der Waals surface area contributed by atoms with Crippen LogP contribution in [0, 0.1) is 5.82 Å². The summed E-state index contributed by atoms with van der Waals surface area (Å²) in [6, 6.07) is 3.83. The summed E-state index contributed by atoms with van der Waals surface area (Å²) in [6.45, 7) is 0. The van der Waals surface area contributed by atoms with E-state index in [0.717, 1.165) is 6.07 Å². The smallest absolute Gasteiger partial charge is 0.338 e. The first-order valence-corrected chi connectivity index (χ1v) is 7.13. The highest BCUT2D eigenvalue weighted by molar-refractivity contribution is 6.00. The van der Waals surface area contributed by atoms with Crippen LogP contribution in [-0.4, -0.2) is 30.2 Å². The molecule has 1 unspecified atom stereocenters. The van der Waals surface area contributed by atoms with Crippen molar-refractivity contribution in [3.05, 3.63) is 70.2 Å². The lowest BCUT2D eigenvalue weighted by molar-refractivity contribution is -0.115. The first-order valence-electron chi connectivity index (χ1n) is 7.13. The maximum absolute atomic E-state index is 13.5. The zero-order chi connectivity index (χ0) is 17.3. The number of aromatic carboxylic acids is 1. The number of carboxylic acids is 1. The highest BCUT2D eigenvalue weighted by Crippen LogP contribution is 2.32. The minimum atomic E-state index is -1.34. The van der Waals surface area contributed by atoms with Gasteiger partial charge in [-0.2, -0.15) is 5.11 Å². The zero-order valence-corrected chi connectivity index (χ0v) is 12.7. The van der Waals surface area contributed by atoms with Gasteiger partial charge >= 0.3 is 5.97 Å². The van der Waals surface area contributed by atoms with E-state index in [1.165, 1.54) is 19.2 Å². The fourth-order valence-corrected chi connectivity index (χ4v) is 2.68. The van der Waals surface area contributed by atoms with E-state index >= 15 is 0 Å². The molecule has 1 heterocycles. The Morgan fingerprint density at radius 1 is 1.38 bits per heavy atom. The van der Waals surface area contributed by atoms with Crippen molar-refractivity contribution in [3.8, 4) is 0 Å². The second-order valence-corrected chi connectivity index (χ2v) is 5.28. The molecule has 0 saturated carbocycles. The van der Waals surface area contributed by atoms with Gasteiger partial charge in [0, 0.05) is 19.1 Å². The lowest BCUT2D eigenvalue weighted by Crippen LogP contribution is -2.23. The molecule has 0 bridgehead atoms. The van der Waals surface area contributed by atoms with E-state index in [4.69, 9.17) is 9.84 Å². The highest BCUT2D eigenvalue weighted by Gasteiger charge is 2.30. The molecule has 0 radical (unpaired) electrons. The predicted octanol–water partition coefficient (Wildman–Crippen LogP) is 2.82. The number of halogens is 1. The van der Waals surface area contributed by atoms with Crippen LogP contribution >= 0.6 is 0 Å². The summed E-state index contributed by atoms with van der Waals surface area (Å²) in [5.41, 5.74) is 1.62. The SMILES string of the molecule is COC1C=CC=C2C(=O)N=NC(Cc3ccc(F)c(C(=O)O)c3)=C21. The van der Waals surface area contributed by atoms with Crippen LogP contribution in [0.1, 0.15) is 15.9 Å². The van der Waals surface area contributed by atoms with Gasteiger partial charge in [-0.3, -0.25) is 4.79 Å². The minimum absolute atomic E-state index is 0.206. The maximum atomic E-state index is 13.5. The summed E-state index contributed by atoms with van der Waals surface area (Å²) in [7, 11) is 1.51. The number of fused-ring (bicyclic) bond motifs is 1. The third kappa shape index (κ3) is 2.81. The number of rotatable bonds is 4. The molecule has 1 aromatic carbocycles. The number of hydrogen-bond donors (Lipinski definition) is 1. The fourth-order valence-electron chi connectivity index (χ4n) is 2.68. The van der Waals surface area contributed by atoms with Crippen molar-refractivity contribution in [1.82, 2.24) is 0 Å². The molecule has 24 heavy (non-hydrogen) atoms. The summed E-state index contributed by atoms with van der Waals surface area (Å²) >= 11 is 0. The van der Waals surface area contributed by atoms with Gasteiger partial charge in [0.05, 0.1) is 16.8 Å². The maximum Gasteiger partial charge on any atom is 0.338 e. The van der Waals surface area contributed by atoms with E-state index in [1.807, 2.05) is 0 Å². The highest BCUT2D eigenvalue weighted by atomic mass is 19.1. The molecule has 1 aromatic rings. The van der Waals surface area contributed by atoms with Crippen LogP contribution in [0.15, 0.2) is 63.5 Å². The number of methoxy groups -OCH3 is 1. The molecule has 0 spiro atoms. The molecule has 1 aliphatic carbocycles. The molecule has 3 rings (SSSR count). The molecule has 0 saturated heterocycles. The third-order valence-electron chi connectivity index (χ3n) is 3.81. The van der Waals surface area contributed by atoms with Gasteiger partial charge < -0.3 is 9.84 Å². The molecular formula is C17H13FN2O4. The van der Waals surface area contributed by atoms with Crippen molar-refractivity contribution in [1.29, 1.82) is 0 Å². The Hall–Kier alpha value is -2.93. The quantitative estimate of drug-likeness (QED) is 0.920. The molecule has 1 atom stereocenters. The standard InChI is InChI=1S/C17H13FN2O4/c1-24-14-4-2-3-10-15(14)13(19-20-16(10)21)8-9-5-6-12(18)11(7-9)17(22)23/h2-7,14H,8H2,1H3,(H,22,23). The number of carbonyl (C=O) groups is 2. The third-order valence-corrected chi connectivity index (χ3v) is 3.81. The number of hydrogen-bond acceptors (Lipinski definition) is 4. The van der Waals surface area contributed by atoms with Crippen molar-refractivity contribution in [2.45, 2.75) is 12.5 Å². The van der Waals surface area contributed by atoms with Gasteiger partial charge in [0.25, 0.3) is 5.91 Å². The van der Waals surface area contributed by atoms with Crippen LogP contribution in [-0.2, 0) is 16.0 Å². The zero-order valence-electron chi connectivity index (χ0n) is 12.7. The van der Waals surface area contributed by atoms with E-state index < -0.39 is 29.4 Å². The normalized spacial score (nSPS) is 19.3. The van der Waals surface area contributed by atoms with Gasteiger partial charge in [-0.05, 0) is 23.8 Å².